The molecule has 0 bridgehead atoms. The Bertz CT molecular complexity index is 1250. The average molecular weight is 809 g/mol. The van der Waals surface area contributed by atoms with E-state index >= 15 is 0 Å². The van der Waals surface area contributed by atoms with Gasteiger partial charge in [-0.25, -0.2) is 0 Å². The van der Waals surface area contributed by atoms with Gasteiger partial charge in [0.1, 0.15) is 122 Å². The van der Waals surface area contributed by atoms with Crippen molar-refractivity contribution in [3.63, 3.8) is 0 Å². The molecule has 0 amide bonds. The van der Waals surface area contributed by atoms with Crippen molar-refractivity contribution < 1.29 is 120 Å². The number of aliphatic hydroxyl groups excluding tert-OH is 16. The molecule has 55 heavy (non-hydrogen) atoms. The van der Waals surface area contributed by atoms with Gasteiger partial charge in [-0.2, -0.15) is 0 Å². The van der Waals surface area contributed by atoms with Crippen LogP contribution in [0.4, 0.5) is 0 Å². The summed E-state index contributed by atoms with van der Waals surface area (Å²) in [5, 5.41) is 168. The van der Waals surface area contributed by atoms with E-state index in [1.165, 1.54) is 18.3 Å². The second-order valence-electron chi connectivity index (χ2n) is 14.3. The Hall–Kier alpha value is -1.22. The second-order valence-corrected chi connectivity index (χ2v) is 14.3. The van der Waals surface area contributed by atoms with Crippen LogP contribution in [0, 0.1) is 0 Å². The molecular formula is C31H54NO23+. The Morgan fingerprint density at radius 3 is 1.38 bits per heavy atom. The van der Waals surface area contributed by atoms with Crippen LogP contribution in [0.2, 0.25) is 0 Å². The van der Waals surface area contributed by atoms with Crippen LogP contribution in [-0.2, 0) is 33.2 Å². The maximum absolute atomic E-state index is 11.1. The molecule has 4 heterocycles. The lowest BCUT2D eigenvalue weighted by atomic mass is 9.86. The summed E-state index contributed by atoms with van der Waals surface area (Å²) < 4.78 is 38.8. The van der Waals surface area contributed by atoms with E-state index in [0.29, 0.717) is 0 Å². The highest BCUT2D eigenvalue weighted by atomic mass is 16.8. The van der Waals surface area contributed by atoms with E-state index in [-0.39, 0.29) is 5.57 Å². The fourth-order valence-electron chi connectivity index (χ4n) is 7.45. The van der Waals surface area contributed by atoms with Crippen molar-refractivity contribution in [2.24, 2.45) is 0 Å². The lowest BCUT2D eigenvalue weighted by molar-refractivity contribution is -0.739. The summed E-state index contributed by atoms with van der Waals surface area (Å²) in [6, 6.07) is -2.01. The van der Waals surface area contributed by atoms with E-state index in [1.807, 2.05) is 0 Å². The number of hydrogen-bond donors (Lipinski definition) is 17. The molecule has 0 aromatic carbocycles. The van der Waals surface area contributed by atoms with Crippen molar-refractivity contribution in [3.8, 4) is 0 Å². The summed E-state index contributed by atoms with van der Waals surface area (Å²) in [5.41, 5.74) is 0.0280. The molecule has 18 N–H and O–H groups in total. The largest absolute Gasteiger partial charge is 0.394 e. The predicted molar refractivity (Wildman–Crippen MR) is 169 cm³/mol. The number of quaternary nitrogens is 1. The minimum Gasteiger partial charge on any atom is -0.394 e. The fraction of sp³-hybridized carbons (Fsp3) is 0.935. The molecule has 4 fully saturated rings. The molecule has 24 nitrogen and oxygen atoms in total. The Kier molecular flexibility index (Phi) is 15.3. The molecule has 4 saturated heterocycles. The van der Waals surface area contributed by atoms with Gasteiger partial charge in [0.15, 0.2) is 25.2 Å². The number of nitrogens with two attached hydrogens (primary N) is 1. The van der Waals surface area contributed by atoms with Crippen LogP contribution < -0.4 is 5.32 Å². The molecule has 5 aliphatic rings. The summed E-state index contributed by atoms with van der Waals surface area (Å²) >= 11 is 0. The summed E-state index contributed by atoms with van der Waals surface area (Å²) in [5.74, 6) is 0. The lowest BCUT2D eigenvalue weighted by Gasteiger charge is -2.49. The van der Waals surface area contributed by atoms with Crippen LogP contribution in [0.15, 0.2) is 11.6 Å². The van der Waals surface area contributed by atoms with Crippen molar-refractivity contribution in [2.75, 3.05) is 26.4 Å². The normalized spacial score (nSPS) is 52.5. The zero-order valence-corrected chi connectivity index (χ0v) is 29.4. The van der Waals surface area contributed by atoms with Crippen molar-refractivity contribution in [3.05, 3.63) is 11.6 Å². The Labute approximate surface area is 312 Å². The highest BCUT2D eigenvalue weighted by Gasteiger charge is 2.56. The number of ether oxygens (including phenoxy) is 7. The summed E-state index contributed by atoms with van der Waals surface area (Å²) in [6.07, 6.45) is -36.5. The van der Waals surface area contributed by atoms with Gasteiger partial charge >= 0.3 is 0 Å². The van der Waals surface area contributed by atoms with E-state index < -0.39 is 174 Å². The third-order valence-electron chi connectivity index (χ3n) is 10.7. The molecule has 0 aromatic heterocycles. The van der Waals surface area contributed by atoms with Crippen LogP contribution in [0.1, 0.15) is 6.92 Å². The maximum atomic E-state index is 11.1. The van der Waals surface area contributed by atoms with Gasteiger partial charge in [0, 0.05) is 0 Å². The smallest absolute Gasteiger partial charge is 0.187 e. The van der Waals surface area contributed by atoms with Gasteiger partial charge in [0.05, 0.1) is 26.4 Å². The summed E-state index contributed by atoms with van der Waals surface area (Å²) in [7, 11) is 0. The first-order valence-corrected chi connectivity index (χ1v) is 17.7. The minimum absolute atomic E-state index is 0.0280. The fourth-order valence-corrected chi connectivity index (χ4v) is 7.45. The van der Waals surface area contributed by atoms with Crippen molar-refractivity contribution in [1.29, 1.82) is 0 Å². The van der Waals surface area contributed by atoms with E-state index in [4.69, 9.17) is 33.2 Å². The van der Waals surface area contributed by atoms with Crippen LogP contribution in [-0.4, -0.2) is 255 Å². The molecular weight excluding hydrogens is 754 g/mol. The molecule has 24 heteroatoms. The SMILES string of the molecule is C[C@H]1O[C@H](O[C@H]2[C@H](O)[C@@H](O)[C@@H](O[C@H]3[C@H](O)[C@@H](O)[C@@H](O[C@H]4[C@H](O)[C@@H](O)[C@@H](O)O[C@@H]4CO)O[C@@H]3CO)O[C@@H]2CO)[C@H](O)[C@H](O)[C@@H]1[NH2+][C@H]1C=C(CO)[C@H](O)[C@@H](O)[C@@H]1O. The molecule has 1 aliphatic carbocycles. The van der Waals surface area contributed by atoms with E-state index in [1.54, 1.807) is 0 Å². The minimum atomic E-state index is -2.04. The highest BCUT2D eigenvalue weighted by molar-refractivity contribution is 5.19. The van der Waals surface area contributed by atoms with Crippen molar-refractivity contribution >= 4 is 0 Å². The van der Waals surface area contributed by atoms with E-state index in [0.717, 1.165) is 0 Å². The van der Waals surface area contributed by atoms with Crippen LogP contribution in [0.25, 0.3) is 0 Å². The molecule has 0 aromatic rings. The topological polar surface area (TPSA) is 405 Å². The van der Waals surface area contributed by atoms with Gasteiger partial charge in [0.25, 0.3) is 0 Å². The van der Waals surface area contributed by atoms with Crippen LogP contribution in [0.3, 0.4) is 0 Å². The standard InChI is InChI=1S/C31H53NO23/c1-7-13(32-9-2-8(3-33)14(37)17(40)15(9)38)16(39)22(45)29(49-7)53-26-11(5-35)51-31(23(46)19(26)42)55-27-12(6-36)52-30(24(47)20(27)43)54-25-10(4-34)50-28(48)21(44)18(25)41/h2,7,9-48H,3-6H2,1H3/p+1/t7-,9+,10-,11-,12-,13-,14+,15-,16-,17-,18-,19-,20-,21-,22-,23-,24-,25-,26-,27-,28+,29-,30-,31-/m1/s1. The Balaban J connectivity index is 1.22. The Morgan fingerprint density at radius 2 is 0.927 bits per heavy atom. The highest BCUT2D eigenvalue weighted by Crippen LogP contribution is 2.34. The van der Waals surface area contributed by atoms with Gasteiger partial charge in [-0.05, 0) is 18.6 Å². The molecule has 24 atom stereocenters. The monoisotopic (exact) mass is 808 g/mol. The molecule has 320 valence electrons. The molecule has 4 aliphatic heterocycles. The van der Waals surface area contributed by atoms with E-state index in [2.05, 4.69) is 0 Å². The first kappa shape index (κ1) is 44.9. The Morgan fingerprint density at radius 1 is 0.509 bits per heavy atom. The number of aliphatic hydroxyl groups is 16. The average Bonchev–Trinajstić information content (AvgIpc) is 3.17. The number of rotatable bonds is 12. The summed E-state index contributed by atoms with van der Waals surface area (Å²) in [6.45, 7) is -1.78. The van der Waals surface area contributed by atoms with Crippen molar-refractivity contribution in [2.45, 2.75) is 154 Å². The molecule has 0 unspecified atom stereocenters. The second kappa shape index (κ2) is 18.8. The van der Waals surface area contributed by atoms with E-state index in [9.17, 15) is 81.7 Å². The summed E-state index contributed by atoms with van der Waals surface area (Å²) in [4.78, 5) is 0. The maximum Gasteiger partial charge on any atom is 0.187 e. The molecule has 0 saturated carbocycles. The van der Waals surface area contributed by atoms with Gasteiger partial charge in [0.2, 0.25) is 0 Å². The molecule has 0 radical (unpaired) electrons. The third kappa shape index (κ3) is 9.03. The number of hydrogen-bond acceptors (Lipinski definition) is 23. The first-order chi connectivity index (χ1) is 26.0. The molecule has 0 spiro atoms. The van der Waals surface area contributed by atoms with Crippen molar-refractivity contribution in [1.82, 2.24) is 0 Å². The zero-order chi connectivity index (χ0) is 40.6. The van der Waals surface area contributed by atoms with Crippen LogP contribution >= 0.6 is 0 Å². The quantitative estimate of drug-likeness (QED) is 0.0814. The van der Waals surface area contributed by atoms with Gasteiger partial charge in [-0.3, -0.25) is 0 Å². The third-order valence-corrected chi connectivity index (χ3v) is 10.7. The zero-order valence-electron chi connectivity index (χ0n) is 29.4. The molecule has 5 rings (SSSR count). The van der Waals surface area contributed by atoms with Gasteiger partial charge in [-0.15, -0.1) is 0 Å². The van der Waals surface area contributed by atoms with Gasteiger partial charge < -0.3 is 120 Å². The predicted octanol–water partition coefficient (Wildman–Crippen LogP) is -11.8. The lowest BCUT2D eigenvalue weighted by Crippen LogP contribution is -3.02. The van der Waals surface area contributed by atoms with Crippen LogP contribution in [0.5, 0.6) is 0 Å². The first-order valence-electron chi connectivity index (χ1n) is 17.7. The van der Waals surface area contributed by atoms with Gasteiger partial charge in [-0.1, -0.05) is 0 Å².